The molecule has 1 saturated carbocycles. The van der Waals surface area contributed by atoms with Crippen LogP contribution in [-0.2, 0) is 19.6 Å². The summed E-state index contributed by atoms with van der Waals surface area (Å²) in [6, 6.07) is 3.03. The number of halogens is 2. The van der Waals surface area contributed by atoms with Gasteiger partial charge in [-0.15, -0.1) is 11.3 Å². The highest BCUT2D eigenvalue weighted by atomic mass is 35.5. The van der Waals surface area contributed by atoms with Crippen LogP contribution >= 0.6 is 22.9 Å². The number of hydrogen-bond donors (Lipinski definition) is 2. The maximum Gasteiger partial charge on any atom is 0.338 e. The standard InChI is InChI=1S/C24H28ClFN4O4S2/c1-3-12-36(32,33)30-16-7-4-14(5-8-16)20-19(24(31)34-2)21(17-9-6-15(26)13-18(17)25)29-22(28-20)23-27-10-11-35-23/h6,9-11,13-14,16,21,30H,3-5,7-8,12H2,1-2H3,(H,28,29)/t14-,16-,21?. The molecule has 0 saturated heterocycles. The predicted octanol–water partition coefficient (Wildman–Crippen LogP) is 4.34. The maximum absolute atomic E-state index is 13.8. The van der Waals surface area contributed by atoms with Gasteiger partial charge in [-0.2, -0.15) is 0 Å². The summed E-state index contributed by atoms with van der Waals surface area (Å²) in [5, 5.41) is 5.94. The number of sulfonamides is 1. The van der Waals surface area contributed by atoms with Crippen LogP contribution in [0, 0.1) is 11.7 Å². The summed E-state index contributed by atoms with van der Waals surface area (Å²) in [5.74, 6) is -0.535. The number of thiazole rings is 1. The number of rotatable bonds is 8. The number of nitrogens with one attached hydrogen (secondary N) is 2. The number of methoxy groups -OCH3 is 1. The van der Waals surface area contributed by atoms with Crippen molar-refractivity contribution in [3.8, 4) is 0 Å². The molecule has 12 heteroatoms. The number of allylic oxidation sites excluding steroid dienone is 1. The molecule has 1 unspecified atom stereocenters. The zero-order chi connectivity index (χ0) is 25.9. The Hall–Kier alpha value is -2.34. The average molecular weight is 555 g/mol. The molecule has 2 N–H and O–H groups in total. The van der Waals surface area contributed by atoms with Gasteiger partial charge in [0.15, 0.2) is 10.8 Å². The van der Waals surface area contributed by atoms with Gasteiger partial charge in [0.2, 0.25) is 10.0 Å². The number of carbonyl (C=O) groups is 1. The number of aliphatic imine (C=N–C) groups is 1. The van der Waals surface area contributed by atoms with E-state index in [1.165, 1.54) is 36.6 Å². The summed E-state index contributed by atoms with van der Waals surface area (Å²) in [5.41, 5.74) is 1.44. The number of hydrogen-bond acceptors (Lipinski definition) is 8. The molecule has 0 bridgehead atoms. The van der Waals surface area contributed by atoms with Crippen molar-refractivity contribution in [2.45, 2.75) is 51.1 Å². The van der Waals surface area contributed by atoms with E-state index in [-0.39, 0.29) is 22.7 Å². The van der Waals surface area contributed by atoms with Gasteiger partial charge < -0.3 is 10.1 Å². The number of amidine groups is 1. The fourth-order valence-electron chi connectivity index (χ4n) is 4.70. The van der Waals surface area contributed by atoms with Crippen LogP contribution in [0.5, 0.6) is 0 Å². The molecular weight excluding hydrogens is 527 g/mol. The van der Waals surface area contributed by atoms with Crippen LogP contribution in [0.1, 0.15) is 55.6 Å². The van der Waals surface area contributed by atoms with Gasteiger partial charge in [0.05, 0.1) is 18.4 Å². The third kappa shape index (κ3) is 5.96. The molecule has 4 rings (SSSR count). The van der Waals surface area contributed by atoms with Crippen molar-refractivity contribution >= 4 is 44.8 Å². The van der Waals surface area contributed by atoms with Gasteiger partial charge in [0.25, 0.3) is 0 Å². The lowest BCUT2D eigenvalue weighted by Crippen LogP contribution is -2.42. The normalized spacial score (nSPS) is 22.7. The van der Waals surface area contributed by atoms with Crippen LogP contribution in [-0.4, -0.2) is 44.1 Å². The van der Waals surface area contributed by atoms with E-state index in [2.05, 4.69) is 15.0 Å². The molecule has 194 valence electrons. The maximum atomic E-state index is 13.8. The molecule has 1 fully saturated rings. The number of esters is 1. The number of aromatic nitrogens is 1. The lowest BCUT2D eigenvalue weighted by molar-refractivity contribution is -0.136. The topological polar surface area (TPSA) is 110 Å². The zero-order valence-electron chi connectivity index (χ0n) is 20.0. The van der Waals surface area contributed by atoms with E-state index in [0.717, 1.165) is 0 Å². The van der Waals surface area contributed by atoms with Crippen LogP contribution in [0.15, 0.2) is 46.0 Å². The lowest BCUT2D eigenvalue weighted by Gasteiger charge is -2.35. The van der Waals surface area contributed by atoms with Crippen LogP contribution in [0.3, 0.4) is 0 Å². The minimum absolute atomic E-state index is 0.0711. The molecule has 2 aliphatic rings. The van der Waals surface area contributed by atoms with E-state index < -0.39 is 27.9 Å². The molecule has 0 amide bonds. The predicted molar refractivity (Wildman–Crippen MR) is 138 cm³/mol. The molecule has 8 nitrogen and oxygen atoms in total. The Bertz CT molecular complexity index is 1270. The third-order valence-corrected chi connectivity index (χ3v) is 9.07. The van der Waals surface area contributed by atoms with Crippen molar-refractivity contribution in [1.29, 1.82) is 0 Å². The van der Waals surface area contributed by atoms with E-state index in [0.29, 0.717) is 59.8 Å². The van der Waals surface area contributed by atoms with E-state index in [1.807, 2.05) is 12.3 Å². The molecule has 1 aliphatic heterocycles. The van der Waals surface area contributed by atoms with Crippen LogP contribution in [0.2, 0.25) is 5.02 Å². The number of benzene rings is 1. The summed E-state index contributed by atoms with van der Waals surface area (Å²) >= 11 is 7.80. The Labute approximate surface area is 219 Å². The second kappa shape index (κ2) is 11.4. The molecule has 1 atom stereocenters. The van der Waals surface area contributed by atoms with Crippen molar-refractivity contribution in [2.24, 2.45) is 10.9 Å². The van der Waals surface area contributed by atoms with E-state index in [4.69, 9.17) is 21.3 Å². The Morgan fingerprint density at radius 2 is 2.06 bits per heavy atom. The monoisotopic (exact) mass is 554 g/mol. The van der Waals surface area contributed by atoms with Crippen LogP contribution in [0.25, 0.3) is 0 Å². The highest BCUT2D eigenvalue weighted by Crippen LogP contribution is 2.41. The van der Waals surface area contributed by atoms with Crippen LogP contribution in [0.4, 0.5) is 4.39 Å². The number of carbonyl (C=O) groups excluding carboxylic acids is 1. The lowest BCUT2D eigenvalue weighted by atomic mass is 9.80. The second-order valence-electron chi connectivity index (χ2n) is 8.81. The SMILES string of the molecule is CCCS(=O)(=O)N[C@H]1CC[C@H](C2=C(C(=O)OC)C(c3ccc(F)cc3Cl)N=C(c3nccs3)N2)CC1. The highest BCUT2D eigenvalue weighted by Gasteiger charge is 2.38. The molecule has 2 aromatic rings. The Kier molecular flexibility index (Phi) is 8.44. The summed E-state index contributed by atoms with van der Waals surface area (Å²) in [6.07, 6.45) is 4.76. The number of ether oxygens (including phenoxy) is 1. The van der Waals surface area contributed by atoms with Gasteiger partial charge in [0, 0.05) is 33.9 Å². The Balaban J connectivity index is 1.70. The molecule has 1 aromatic carbocycles. The summed E-state index contributed by atoms with van der Waals surface area (Å²) in [6.45, 7) is 1.83. The Morgan fingerprint density at radius 3 is 2.67 bits per heavy atom. The third-order valence-electron chi connectivity index (χ3n) is 6.33. The van der Waals surface area contributed by atoms with Crippen molar-refractivity contribution < 1.29 is 22.3 Å². The highest BCUT2D eigenvalue weighted by molar-refractivity contribution is 7.89. The van der Waals surface area contributed by atoms with Crippen molar-refractivity contribution in [3.05, 3.63) is 62.5 Å². The summed E-state index contributed by atoms with van der Waals surface area (Å²) in [4.78, 5) is 22.2. The van der Waals surface area contributed by atoms with Gasteiger partial charge >= 0.3 is 5.97 Å². The minimum Gasteiger partial charge on any atom is -0.466 e. The summed E-state index contributed by atoms with van der Waals surface area (Å²) < 4.78 is 46.2. The molecule has 36 heavy (non-hydrogen) atoms. The van der Waals surface area contributed by atoms with E-state index >= 15 is 0 Å². The fraction of sp³-hybridized carbons (Fsp3) is 0.458. The first-order chi connectivity index (χ1) is 17.2. The Morgan fingerprint density at radius 1 is 1.31 bits per heavy atom. The van der Waals surface area contributed by atoms with Crippen molar-refractivity contribution in [3.63, 3.8) is 0 Å². The molecule has 0 spiro atoms. The van der Waals surface area contributed by atoms with Gasteiger partial charge in [0.1, 0.15) is 11.9 Å². The first-order valence-corrected chi connectivity index (χ1v) is 14.7. The van der Waals surface area contributed by atoms with E-state index in [1.54, 1.807) is 6.20 Å². The van der Waals surface area contributed by atoms with Gasteiger partial charge in [-0.1, -0.05) is 24.6 Å². The van der Waals surface area contributed by atoms with Gasteiger partial charge in [-0.05, 0) is 50.2 Å². The van der Waals surface area contributed by atoms with E-state index in [9.17, 15) is 17.6 Å². The molecule has 0 radical (unpaired) electrons. The summed E-state index contributed by atoms with van der Waals surface area (Å²) in [7, 11) is -2.01. The fourth-order valence-corrected chi connectivity index (χ4v) is 6.96. The molecule has 2 heterocycles. The van der Waals surface area contributed by atoms with Gasteiger partial charge in [-0.3, -0.25) is 4.99 Å². The number of nitrogens with zero attached hydrogens (tertiary/aromatic N) is 2. The van der Waals surface area contributed by atoms with Crippen LogP contribution < -0.4 is 10.0 Å². The minimum atomic E-state index is -3.32. The second-order valence-corrected chi connectivity index (χ2v) is 12.0. The first kappa shape index (κ1) is 26.7. The smallest absolute Gasteiger partial charge is 0.338 e. The molecular formula is C24H28ClFN4O4S2. The quantitative estimate of drug-likeness (QED) is 0.470. The van der Waals surface area contributed by atoms with Crippen molar-refractivity contribution in [2.75, 3.05) is 12.9 Å². The zero-order valence-corrected chi connectivity index (χ0v) is 22.4. The molecule has 1 aliphatic carbocycles. The largest absolute Gasteiger partial charge is 0.466 e. The van der Waals surface area contributed by atoms with Crippen molar-refractivity contribution in [1.82, 2.24) is 15.0 Å². The van der Waals surface area contributed by atoms with Gasteiger partial charge in [-0.25, -0.2) is 27.3 Å². The first-order valence-electron chi connectivity index (χ1n) is 11.7. The molecule has 1 aromatic heterocycles. The average Bonchev–Trinajstić information content (AvgIpc) is 3.38.